The molecular weight excluding hydrogens is 717 g/mol. The molecule has 8 nitrogen and oxygen atoms in total. The number of fused-ring (bicyclic) bond motifs is 10. The summed E-state index contributed by atoms with van der Waals surface area (Å²) in [5.41, 5.74) is 8.28. The Balaban J connectivity index is 1.23. The van der Waals surface area contributed by atoms with Crippen molar-refractivity contribution in [3.05, 3.63) is 112 Å². The van der Waals surface area contributed by atoms with E-state index in [-0.39, 0.29) is 11.8 Å². The molecule has 0 aromatic heterocycles. The lowest BCUT2D eigenvalue weighted by Crippen LogP contribution is -2.39. The van der Waals surface area contributed by atoms with E-state index in [2.05, 4.69) is 79.7 Å². The lowest BCUT2D eigenvalue weighted by Gasteiger charge is -2.42. The van der Waals surface area contributed by atoms with Crippen LogP contribution >= 0.6 is 0 Å². The summed E-state index contributed by atoms with van der Waals surface area (Å²) in [5, 5.41) is 4.33. The van der Waals surface area contributed by atoms with Gasteiger partial charge in [-0.25, -0.2) is 9.59 Å². The maximum Gasteiger partial charge on any atom is 0.516 e. The molecule has 3 aliphatic rings. The van der Waals surface area contributed by atoms with Gasteiger partial charge in [0.05, 0.1) is 0 Å². The van der Waals surface area contributed by atoms with E-state index in [1.165, 1.54) is 77.2 Å². The highest BCUT2D eigenvalue weighted by Gasteiger charge is 2.44. The van der Waals surface area contributed by atoms with Gasteiger partial charge < -0.3 is 18.9 Å². The van der Waals surface area contributed by atoms with E-state index in [9.17, 15) is 19.2 Å². The first-order valence-electron chi connectivity index (χ1n) is 20.9. The average Bonchev–Trinajstić information content (AvgIpc) is 3.17. The first-order valence-corrected chi connectivity index (χ1v) is 20.9. The molecule has 0 amide bonds. The van der Waals surface area contributed by atoms with Crippen molar-refractivity contribution in [2.24, 2.45) is 5.92 Å². The van der Waals surface area contributed by atoms with Crippen molar-refractivity contribution in [1.82, 2.24) is 0 Å². The fraction of sp³-hybridized carbons (Fsp3) is 0.429. The topological polar surface area (TPSA) is 105 Å². The van der Waals surface area contributed by atoms with Crippen LogP contribution in [0.2, 0.25) is 0 Å². The highest BCUT2D eigenvalue weighted by atomic mass is 16.7. The van der Waals surface area contributed by atoms with Crippen LogP contribution in [0.3, 0.4) is 0 Å². The molecule has 4 aromatic carbocycles. The molecule has 0 bridgehead atoms. The van der Waals surface area contributed by atoms with Crippen LogP contribution in [0.5, 0.6) is 0 Å². The molecule has 0 fully saturated rings. The SMILES string of the molecule is CCCCCCCCCCCCc1ccc2ccc3c(c2c1)CC(OC(=O)OC(C)=O)C1=CC2c4ccc5ccc(C)cc5c4CC(OC(=O)OC(C)=O)C2C=C13. The van der Waals surface area contributed by atoms with Crippen LogP contribution in [-0.4, -0.2) is 36.5 Å². The fourth-order valence-corrected chi connectivity index (χ4v) is 9.25. The highest BCUT2D eigenvalue weighted by molar-refractivity contribution is 5.97. The zero-order valence-electron chi connectivity index (χ0n) is 33.7. The van der Waals surface area contributed by atoms with E-state index in [0.717, 1.165) is 73.4 Å². The minimum atomic E-state index is -1.04. The summed E-state index contributed by atoms with van der Waals surface area (Å²) in [5.74, 6) is -2.05. The van der Waals surface area contributed by atoms with Gasteiger partial charge >= 0.3 is 24.2 Å². The first-order chi connectivity index (χ1) is 27.6. The number of aryl methyl sites for hydroxylation is 2. The fourth-order valence-electron chi connectivity index (χ4n) is 9.25. The molecule has 8 heteroatoms. The van der Waals surface area contributed by atoms with Gasteiger partial charge in [0.25, 0.3) is 0 Å². The molecule has 0 saturated heterocycles. The van der Waals surface area contributed by atoms with Gasteiger partial charge in [0.2, 0.25) is 0 Å². The zero-order chi connectivity index (χ0) is 40.1. The number of rotatable bonds is 13. The Morgan fingerprint density at radius 1 is 0.649 bits per heavy atom. The number of esters is 2. The number of allylic oxidation sites excluding steroid dienone is 1. The second-order valence-electron chi connectivity index (χ2n) is 16.1. The third-order valence-corrected chi connectivity index (χ3v) is 11.9. The molecule has 4 aromatic rings. The largest absolute Gasteiger partial charge is 0.516 e. The van der Waals surface area contributed by atoms with Crippen molar-refractivity contribution in [3.63, 3.8) is 0 Å². The first kappa shape index (κ1) is 40.0. The predicted octanol–water partition coefficient (Wildman–Crippen LogP) is 11.7. The van der Waals surface area contributed by atoms with Gasteiger partial charge in [-0.15, -0.1) is 0 Å². The van der Waals surface area contributed by atoms with Crippen LogP contribution in [0.4, 0.5) is 9.59 Å². The van der Waals surface area contributed by atoms with Crippen LogP contribution < -0.4 is 0 Å². The summed E-state index contributed by atoms with van der Waals surface area (Å²) in [4.78, 5) is 49.5. The molecule has 4 unspecified atom stereocenters. The van der Waals surface area contributed by atoms with Crippen molar-refractivity contribution in [3.8, 4) is 0 Å². The van der Waals surface area contributed by atoms with Crippen molar-refractivity contribution in [2.75, 3.05) is 0 Å². The van der Waals surface area contributed by atoms with Crippen molar-refractivity contribution >= 4 is 51.4 Å². The molecule has 0 aliphatic heterocycles. The number of hydrogen-bond acceptors (Lipinski definition) is 8. The van der Waals surface area contributed by atoms with Gasteiger partial charge in [0.15, 0.2) is 0 Å². The number of carbonyl (C=O) groups is 4. The standard InChI is InChI=1S/C49H54O8/c1-5-6-7-8-9-10-11-12-13-14-15-33-17-19-35-21-23-37-41-27-44-40(26-45(41)47(29-43(37)39(35)25-33)57-49(53)55-32(4)51)36-22-20-34-18-16-30(2)24-38(34)42(36)28-46(44)56-48(52)54-31(3)50/h16-27,40,44,46-47H,5-15,28-29H2,1-4H3. The normalized spacial score (nSPS) is 19.3. The molecule has 0 saturated carbocycles. The van der Waals surface area contributed by atoms with Crippen LogP contribution in [-0.2, 0) is 47.8 Å². The summed E-state index contributed by atoms with van der Waals surface area (Å²) in [6, 6.07) is 21.5. The van der Waals surface area contributed by atoms with Crippen molar-refractivity contribution in [1.29, 1.82) is 0 Å². The second kappa shape index (κ2) is 17.9. The van der Waals surface area contributed by atoms with E-state index < -0.39 is 36.5 Å². The maximum atomic E-state index is 13.0. The number of unbranched alkanes of at least 4 members (excludes halogenated alkanes) is 9. The number of benzene rings is 4. The molecule has 57 heavy (non-hydrogen) atoms. The minimum absolute atomic E-state index is 0.253. The number of carbonyl (C=O) groups excluding carboxylic acids is 4. The zero-order valence-corrected chi connectivity index (χ0v) is 33.7. The quantitative estimate of drug-likeness (QED) is 0.0752. The number of ether oxygens (including phenoxy) is 4. The Hall–Kier alpha value is -5.24. The van der Waals surface area contributed by atoms with Gasteiger partial charge in [0, 0.05) is 38.5 Å². The van der Waals surface area contributed by atoms with Crippen LogP contribution in [0.1, 0.15) is 124 Å². The number of hydrogen-bond donors (Lipinski definition) is 0. The lowest BCUT2D eigenvalue weighted by molar-refractivity contribution is -0.139. The van der Waals surface area contributed by atoms with E-state index in [1.807, 2.05) is 6.92 Å². The third-order valence-electron chi connectivity index (χ3n) is 11.9. The predicted molar refractivity (Wildman–Crippen MR) is 222 cm³/mol. The Bertz CT molecular complexity index is 2250. The molecule has 0 heterocycles. The summed E-state index contributed by atoms with van der Waals surface area (Å²) in [6.45, 7) is 6.66. The van der Waals surface area contributed by atoms with Gasteiger partial charge in [-0.3, -0.25) is 9.59 Å². The molecular formula is C49H54O8. The van der Waals surface area contributed by atoms with Crippen LogP contribution in [0.25, 0.3) is 27.1 Å². The molecule has 3 aliphatic carbocycles. The van der Waals surface area contributed by atoms with Gasteiger partial charge in [-0.2, -0.15) is 0 Å². The molecule has 0 spiro atoms. The van der Waals surface area contributed by atoms with Gasteiger partial charge in [-0.1, -0.05) is 143 Å². The summed E-state index contributed by atoms with van der Waals surface area (Å²) in [6.07, 6.45) is 15.5. The van der Waals surface area contributed by atoms with Crippen LogP contribution in [0, 0.1) is 12.8 Å². The smallest absolute Gasteiger partial charge is 0.430 e. The second-order valence-corrected chi connectivity index (χ2v) is 16.1. The Kier molecular flexibility index (Phi) is 12.6. The molecule has 0 radical (unpaired) electrons. The van der Waals surface area contributed by atoms with Crippen molar-refractivity contribution in [2.45, 2.75) is 129 Å². The summed E-state index contributed by atoms with van der Waals surface area (Å²) < 4.78 is 21.8. The Morgan fingerprint density at radius 3 is 1.96 bits per heavy atom. The van der Waals surface area contributed by atoms with Gasteiger partial charge in [0.1, 0.15) is 12.2 Å². The third kappa shape index (κ3) is 9.16. The van der Waals surface area contributed by atoms with Crippen molar-refractivity contribution < 1.29 is 38.1 Å². The average molecular weight is 771 g/mol. The molecule has 7 rings (SSSR count). The Morgan fingerprint density at radius 2 is 1.26 bits per heavy atom. The molecule has 4 atom stereocenters. The molecule has 298 valence electrons. The van der Waals surface area contributed by atoms with E-state index in [1.54, 1.807) is 0 Å². The summed E-state index contributed by atoms with van der Waals surface area (Å²) in [7, 11) is 0. The minimum Gasteiger partial charge on any atom is -0.430 e. The Labute approximate surface area is 335 Å². The lowest BCUT2D eigenvalue weighted by atomic mass is 9.65. The molecule has 0 N–H and O–H groups in total. The highest BCUT2D eigenvalue weighted by Crippen LogP contribution is 2.51. The van der Waals surface area contributed by atoms with Crippen LogP contribution in [0.15, 0.2) is 78.4 Å². The van der Waals surface area contributed by atoms with Gasteiger partial charge in [-0.05, 0) is 80.3 Å². The van der Waals surface area contributed by atoms with E-state index in [4.69, 9.17) is 18.9 Å². The monoisotopic (exact) mass is 770 g/mol. The summed E-state index contributed by atoms with van der Waals surface area (Å²) >= 11 is 0. The van der Waals surface area contributed by atoms with E-state index >= 15 is 0 Å². The maximum absolute atomic E-state index is 13.0. The van der Waals surface area contributed by atoms with E-state index in [0.29, 0.717) is 12.8 Å².